The molecule has 0 bridgehead atoms. The fourth-order valence-electron chi connectivity index (χ4n) is 1.89. The van der Waals surface area contributed by atoms with Crippen LogP contribution in [-0.2, 0) is 23.1 Å². The molecule has 0 aromatic carbocycles. The molecule has 2 atom stereocenters. The largest absolute Gasteiger partial charge is 0.428 e. The lowest BCUT2D eigenvalue weighted by Gasteiger charge is -2.24. The van der Waals surface area contributed by atoms with E-state index in [1.54, 1.807) is 13.8 Å². The second-order valence-corrected chi connectivity index (χ2v) is 6.21. The third kappa shape index (κ3) is 4.56. The molecular weight excluding hydrogens is 255 g/mol. The molecule has 0 aromatic rings. The number of ether oxygens (including phenoxy) is 1. The van der Waals surface area contributed by atoms with Crippen molar-refractivity contribution in [1.82, 2.24) is 0 Å². The predicted octanol–water partition coefficient (Wildman–Crippen LogP) is 3.11. The van der Waals surface area contributed by atoms with Gasteiger partial charge >= 0.3 is 7.60 Å². The molecule has 0 heterocycles. The first-order valence-corrected chi connectivity index (χ1v) is 7.85. The summed E-state index contributed by atoms with van der Waals surface area (Å²) in [6.07, 6.45) is 3.76. The van der Waals surface area contributed by atoms with Gasteiger partial charge in [0.25, 0.3) is 0 Å². The van der Waals surface area contributed by atoms with Gasteiger partial charge in [-0.2, -0.15) is 0 Å². The fraction of sp³-hybridized carbons (Fsp3) is 0.750. The third-order valence-electron chi connectivity index (χ3n) is 2.81. The highest BCUT2D eigenvalue weighted by Gasteiger charge is 2.28. The average Bonchev–Trinajstić information content (AvgIpc) is 2.30. The van der Waals surface area contributed by atoms with Gasteiger partial charge in [0.1, 0.15) is 11.5 Å². The van der Waals surface area contributed by atoms with Crippen molar-refractivity contribution >= 4 is 13.4 Å². The Bertz CT molecular complexity index is 353. The molecule has 0 aliphatic heterocycles. The maximum absolute atomic E-state index is 12.2. The number of hydrogen-bond donors (Lipinski definition) is 0. The van der Waals surface area contributed by atoms with Crippen LogP contribution >= 0.6 is 7.60 Å². The fourth-order valence-corrected chi connectivity index (χ4v) is 3.30. The highest BCUT2D eigenvalue weighted by atomic mass is 31.2. The number of rotatable bonds is 7. The van der Waals surface area contributed by atoms with Crippen LogP contribution in [0.15, 0.2) is 11.8 Å². The van der Waals surface area contributed by atoms with E-state index >= 15 is 0 Å². The zero-order valence-electron chi connectivity index (χ0n) is 11.2. The molecule has 2 unspecified atom stereocenters. The number of Topliss-reactive ketones (excluding diaryl/α,β-unsaturated/α-hetero) is 1. The van der Waals surface area contributed by atoms with E-state index in [9.17, 15) is 9.36 Å². The normalized spacial score (nSPS) is 23.1. The number of hydrogen-bond acceptors (Lipinski definition) is 5. The van der Waals surface area contributed by atoms with Crippen molar-refractivity contribution < 1.29 is 23.1 Å². The molecule has 0 saturated heterocycles. The van der Waals surface area contributed by atoms with E-state index in [1.165, 1.54) is 7.11 Å². The third-order valence-corrected chi connectivity index (χ3v) is 4.55. The molecule has 1 aliphatic carbocycles. The van der Waals surface area contributed by atoms with Gasteiger partial charge < -0.3 is 9.26 Å². The monoisotopic (exact) mass is 276 g/mol. The van der Waals surface area contributed by atoms with E-state index < -0.39 is 7.60 Å². The van der Waals surface area contributed by atoms with Gasteiger partial charge in [0, 0.05) is 19.4 Å². The highest BCUT2D eigenvalue weighted by Crippen LogP contribution is 2.51. The van der Waals surface area contributed by atoms with E-state index in [4.69, 9.17) is 13.8 Å². The predicted molar refractivity (Wildman–Crippen MR) is 68.3 cm³/mol. The Morgan fingerprint density at radius 3 is 2.72 bits per heavy atom. The van der Waals surface area contributed by atoms with Crippen molar-refractivity contribution in [1.29, 1.82) is 0 Å². The van der Waals surface area contributed by atoms with Crippen LogP contribution in [0.5, 0.6) is 0 Å². The van der Waals surface area contributed by atoms with Crippen molar-refractivity contribution in [2.75, 3.05) is 20.1 Å². The maximum Gasteiger partial charge on any atom is 0.404 e. The maximum atomic E-state index is 12.2. The molecule has 18 heavy (non-hydrogen) atoms. The molecular formula is C12H21O5P. The highest BCUT2D eigenvalue weighted by molar-refractivity contribution is 7.53. The lowest BCUT2D eigenvalue weighted by Crippen LogP contribution is -2.15. The first kappa shape index (κ1) is 15.4. The molecule has 0 amide bonds. The van der Waals surface area contributed by atoms with Gasteiger partial charge in [0.05, 0.1) is 6.61 Å². The molecule has 0 radical (unpaired) electrons. The van der Waals surface area contributed by atoms with E-state index in [2.05, 4.69) is 0 Å². The minimum absolute atomic E-state index is 0.0612. The summed E-state index contributed by atoms with van der Waals surface area (Å²) in [5.74, 6) is 0.891. The molecule has 0 spiro atoms. The Morgan fingerprint density at radius 2 is 2.28 bits per heavy atom. The van der Waals surface area contributed by atoms with Crippen LogP contribution < -0.4 is 0 Å². The minimum atomic E-state index is -3.21. The molecule has 104 valence electrons. The molecule has 6 heteroatoms. The second-order valence-electron chi connectivity index (χ2n) is 4.29. The van der Waals surface area contributed by atoms with Gasteiger partial charge in [-0.25, -0.2) is 4.57 Å². The first-order chi connectivity index (χ1) is 8.50. The molecule has 0 aromatic heterocycles. The lowest BCUT2D eigenvalue weighted by molar-refractivity contribution is -0.121. The number of ketones is 1. The van der Waals surface area contributed by atoms with Crippen molar-refractivity contribution in [2.45, 2.75) is 33.1 Å². The number of methoxy groups -OCH3 is 1. The Balaban J connectivity index is 2.61. The van der Waals surface area contributed by atoms with E-state index in [0.717, 1.165) is 6.42 Å². The summed E-state index contributed by atoms with van der Waals surface area (Å²) in [5, 5.41) is 0. The van der Waals surface area contributed by atoms with Crippen LogP contribution in [0.3, 0.4) is 0 Å². The van der Waals surface area contributed by atoms with Crippen LogP contribution in [0.25, 0.3) is 0 Å². The second kappa shape index (κ2) is 7.07. The molecule has 0 N–H and O–H groups in total. The van der Waals surface area contributed by atoms with Crippen molar-refractivity contribution in [3.8, 4) is 0 Å². The SMILES string of the molecule is CCOP(=O)(COC)OC1=CCC(C(C)=O)CC1. The Hall–Kier alpha value is -0.640. The van der Waals surface area contributed by atoms with Gasteiger partial charge in [-0.1, -0.05) is 0 Å². The summed E-state index contributed by atoms with van der Waals surface area (Å²) in [6, 6.07) is 0. The van der Waals surface area contributed by atoms with Crippen LogP contribution in [-0.4, -0.2) is 25.8 Å². The van der Waals surface area contributed by atoms with Gasteiger partial charge in [-0.05, 0) is 32.8 Å². The molecule has 1 aliphatic rings. The molecule has 0 fully saturated rings. The van der Waals surface area contributed by atoms with Crippen LogP contribution in [0.4, 0.5) is 0 Å². The Labute approximate surface area is 108 Å². The summed E-state index contributed by atoms with van der Waals surface area (Å²) < 4.78 is 27.7. The summed E-state index contributed by atoms with van der Waals surface area (Å²) in [6.45, 7) is 3.66. The van der Waals surface area contributed by atoms with Crippen molar-refractivity contribution in [3.63, 3.8) is 0 Å². The first-order valence-electron chi connectivity index (χ1n) is 6.12. The molecule has 1 rings (SSSR count). The molecule has 0 saturated carbocycles. The molecule has 5 nitrogen and oxygen atoms in total. The number of allylic oxidation sites excluding steroid dienone is 2. The van der Waals surface area contributed by atoms with Gasteiger partial charge in [0.2, 0.25) is 0 Å². The van der Waals surface area contributed by atoms with Gasteiger partial charge in [0.15, 0.2) is 6.35 Å². The smallest absolute Gasteiger partial charge is 0.404 e. The van der Waals surface area contributed by atoms with E-state index in [0.29, 0.717) is 25.2 Å². The van der Waals surface area contributed by atoms with Crippen LogP contribution in [0.1, 0.15) is 33.1 Å². The van der Waals surface area contributed by atoms with Crippen LogP contribution in [0, 0.1) is 5.92 Å². The average molecular weight is 276 g/mol. The van der Waals surface area contributed by atoms with Crippen LogP contribution in [0.2, 0.25) is 0 Å². The van der Waals surface area contributed by atoms with E-state index in [-0.39, 0.29) is 18.0 Å². The summed E-state index contributed by atoms with van der Waals surface area (Å²) in [5.41, 5.74) is 0. The Morgan fingerprint density at radius 1 is 1.56 bits per heavy atom. The van der Waals surface area contributed by atoms with Crippen molar-refractivity contribution in [3.05, 3.63) is 11.8 Å². The standard InChI is InChI=1S/C12H21O5P/c1-4-16-18(14,9-15-3)17-12-7-5-11(6-8-12)10(2)13/h7,11H,4-6,8-9H2,1-3H3. The zero-order valence-corrected chi connectivity index (χ0v) is 12.1. The minimum Gasteiger partial charge on any atom is -0.428 e. The van der Waals surface area contributed by atoms with Crippen molar-refractivity contribution in [2.24, 2.45) is 5.92 Å². The summed E-state index contributed by atoms with van der Waals surface area (Å²) in [7, 11) is -1.75. The topological polar surface area (TPSA) is 61.8 Å². The number of carbonyl (C=O) groups excluding carboxylic acids is 1. The zero-order chi connectivity index (χ0) is 13.6. The van der Waals surface area contributed by atoms with E-state index in [1.807, 2.05) is 6.08 Å². The quantitative estimate of drug-likeness (QED) is 0.668. The summed E-state index contributed by atoms with van der Waals surface area (Å²) in [4.78, 5) is 11.2. The van der Waals surface area contributed by atoms with Gasteiger partial charge in [-0.15, -0.1) is 0 Å². The summed E-state index contributed by atoms with van der Waals surface area (Å²) >= 11 is 0. The lowest BCUT2D eigenvalue weighted by atomic mass is 9.90. The number of carbonyl (C=O) groups is 1. The Kier molecular flexibility index (Phi) is 6.06. The van der Waals surface area contributed by atoms with Gasteiger partial charge in [-0.3, -0.25) is 9.32 Å².